The quantitative estimate of drug-likeness (QED) is 0.616. The number of tetrazole rings is 1. The van der Waals surface area contributed by atoms with Crippen LogP contribution in [0.15, 0.2) is 37.1 Å². The van der Waals surface area contributed by atoms with Gasteiger partial charge in [0.2, 0.25) is 0 Å². The number of β-amino-alcohol motifs (C(OH)–C–C–N with tert-alkyl or cyclic N) is 1. The van der Waals surface area contributed by atoms with E-state index in [0.29, 0.717) is 22.9 Å². The molecule has 0 aliphatic carbocycles. The van der Waals surface area contributed by atoms with Crippen LogP contribution in [0.2, 0.25) is 5.15 Å². The van der Waals surface area contributed by atoms with Gasteiger partial charge in [-0.15, -0.1) is 5.10 Å². The molecule has 1 spiro atoms. The summed E-state index contributed by atoms with van der Waals surface area (Å²) in [5.41, 5.74) is 1.19. The molecule has 3 aromatic rings. The number of aliphatic hydroxyl groups excluding tert-OH is 1. The zero-order valence-corrected chi connectivity index (χ0v) is 18.5. The molecule has 11 heteroatoms. The van der Waals surface area contributed by atoms with E-state index in [2.05, 4.69) is 40.3 Å². The van der Waals surface area contributed by atoms with Crippen molar-refractivity contribution in [3.63, 3.8) is 0 Å². The van der Waals surface area contributed by atoms with E-state index in [1.165, 1.54) is 11.0 Å². The third kappa shape index (κ3) is 4.57. The summed E-state index contributed by atoms with van der Waals surface area (Å²) in [6.07, 6.45) is 10.6. The second-order valence-corrected chi connectivity index (χ2v) is 9.09. The van der Waals surface area contributed by atoms with Crippen LogP contribution in [0.5, 0.6) is 0 Å². The van der Waals surface area contributed by atoms with Gasteiger partial charge in [0.15, 0.2) is 5.82 Å². The van der Waals surface area contributed by atoms with Gasteiger partial charge in [-0.3, -0.25) is 4.98 Å². The highest BCUT2D eigenvalue weighted by Crippen LogP contribution is 2.42. The third-order valence-electron chi connectivity index (χ3n) is 6.83. The van der Waals surface area contributed by atoms with Crippen LogP contribution in [-0.4, -0.2) is 77.9 Å². The van der Waals surface area contributed by atoms with Gasteiger partial charge < -0.3 is 14.9 Å². The van der Waals surface area contributed by atoms with Crippen LogP contribution < -0.4 is 4.90 Å². The van der Waals surface area contributed by atoms with Gasteiger partial charge in [0.25, 0.3) is 0 Å². The highest BCUT2D eigenvalue weighted by atomic mass is 35.5. The molecule has 2 aliphatic heterocycles. The van der Waals surface area contributed by atoms with E-state index < -0.39 is 6.10 Å². The molecule has 0 aromatic carbocycles. The zero-order chi connectivity index (χ0) is 22.0. The van der Waals surface area contributed by atoms with E-state index in [4.69, 9.17) is 11.6 Å². The first kappa shape index (κ1) is 21.2. The topological polar surface area (TPSA) is 109 Å². The van der Waals surface area contributed by atoms with Crippen molar-refractivity contribution in [2.75, 3.05) is 37.6 Å². The molecule has 0 unspecified atom stereocenters. The number of halogens is 1. The van der Waals surface area contributed by atoms with Crippen molar-refractivity contribution in [1.82, 2.24) is 40.1 Å². The van der Waals surface area contributed by atoms with Crippen molar-refractivity contribution in [3.05, 3.63) is 47.8 Å². The maximum atomic E-state index is 10.7. The molecule has 2 aliphatic rings. The van der Waals surface area contributed by atoms with Crippen molar-refractivity contribution in [1.29, 1.82) is 0 Å². The average molecular weight is 456 g/mol. The van der Waals surface area contributed by atoms with E-state index in [9.17, 15) is 5.11 Å². The molecule has 2 saturated heterocycles. The highest BCUT2D eigenvalue weighted by molar-refractivity contribution is 6.29. The number of hydrogen-bond donors (Lipinski definition) is 1. The number of nitrogens with zero attached hydrogens (tertiary/aromatic N) is 9. The Kier molecular flexibility index (Phi) is 5.99. The fourth-order valence-electron chi connectivity index (χ4n) is 4.75. The molecule has 0 bridgehead atoms. The Morgan fingerprint density at radius 1 is 1.00 bits per heavy atom. The van der Waals surface area contributed by atoms with E-state index in [0.717, 1.165) is 63.2 Å². The van der Waals surface area contributed by atoms with Crippen LogP contribution in [0, 0.1) is 5.41 Å². The smallest absolute Gasteiger partial charge is 0.156 e. The van der Waals surface area contributed by atoms with E-state index in [1.54, 1.807) is 18.6 Å². The maximum absolute atomic E-state index is 10.7. The molecule has 5 heterocycles. The number of piperidine rings is 2. The monoisotopic (exact) mass is 455 g/mol. The highest BCUT2D eigenvalue weighted by Gasteiger charge is 2.38. The number of pyridine rings is 1. The molecular weight excluding hydrogens is 430 g/mol. The van der Waals surface area contributed by atoms with E-state index in [-0.39, 0.29) is 0 Å². The standard InChI is InChI=1S/C21H26ClN9O/c22-18-12-23-13-20(26-18)30-9-5-21(6-10-30)3-7-29(8-4-21)14-17(32)16-1-2-19(24-11-16)31-15-25-27-28-31/h1-2,11-13,15,17,32H,3-10,14H2/t17-/m0/s1. The van der Waals surface area contributed by atoms with Gasteiger partial charge in [-0.05, 0) is 60.7 Å². The summed E-state index contributed by atoms with van der Waals surface area (Å²) in [5.74, 6) is 1.49. The molecule has 32 heavy (non-hydrogen) atoms. The van der Waals surface area contributed by atoms with Crippen LogP contribution in [0.25, 0.3) is 5.82 Å². The Morgan fingerprint density at radius 2 is 1.78 bits per heavy atom. The van der Waals surface area contributed by atoms with Gasteiger partial charge >= 0.3 is 0 Å². The minimum absolute atomic E-state index is 0.388. The first-order valence-corrected chi connectivity index (χ1v) is 11.3. The molecular formula is C21H26ClN9O. The first-order chi connectivity index (χ1) is 15.6. The van der Waals surface area contributed by atoms with Gasteiger partial charge in [0.05, 0.1) is 18.5 Å². The van der Waals surface area contributed by atoms with Crippen LogP contribution >= 0.6 is 11.6 Å². The summed E-state index contributed by atoms with van der Waals surface area (Å²) in [4.78, 5) is 17.6. The average Bonchev–Trinajstić information content (AvgIpc) is 3.36. The summed E-state index contributed by atoms with van der Waals surface area (Å²) in [5, 5.41) is 22.2. The lowest BCUT2D eigenvalue weighted by Gasteiger charge is -2.47. The third-order valence-corrected chi connectivity index (χ3v) is 7.01. The minimum atomic E-state index is -0.567. The number of aromatic nitrogens is 7. The zero-order valence-electron chi connectivity index (χ0n) is 17.8. The van der Waals surface area contributed by atoms with Gasteiger partial charge in [0, 0.05) is 31.4 Å². The molecule has 0 amide bonds. The lowest BCUT2D eigenvalue weighted by atomic mass is 9.71. The van der Waals surface area contributed by atoms with E-state index >= 15 is 0 Å². The van der Waals surface area contributed by atoms with Crippen LogP contribution in [-0.2, 0) is 0 Å². The SMILES string of the molecule is O[C@@H](CN1CCC2(CC1)CCN(c1cncc(Cl)n1)CC2)c1ccc(-n2cnnn2)nc1. The summed E-state index contributed by atoms with van der Waals surface area (Å²) in [6.45, 7) is 4.59. The second-order valence-electron chi connectivity index (χ2n) is 8.71. The van der Waals surface area contributed by atoms with Gasteiger partial charge in [-0.25, -0.2) is 9.97 Å². The Balaban J connectivity index is 1.12. The largest absolute Gasteiger partial charge is 0.387 e. The lowest BCUT2D eigenvalue weighted by molar-refractivity contribution is 0.0448. The number of aliphatic hydroxyl groups is 1. The predicted octanol–water partition coefficient (Wildman–Crippen LogP) is 1.92. The molecule has 2 fully saturated rings. The molecule has 1 atom stereocenters. The van der Waals surface area contributed by atoms with Crippen molar-refractivity contribution in [2.24, 2.45) is 5.41 Å². The minimum Gasteiger partial charge on any atom is -0.387 e. The number of rotatable bonds is 5. The number of likely N-dealkylation sites (tertiary alicyclic amines) is 1. The number of anilines is 1. The van der Waals surface area contributed by atoms with Crippen molar-refractivity contribution in [2.45, 2.75) is 31.8 Å². The second kappa shape index (κ2) is 9.05. The normalized spacial score (nSPS) is 19.9. The summed E-state index contributed by atoms with van der Waals surface area (Å²) in [7, 11) is 0. The van der Waals surface area contributed by atoms with Crippen molar-refractivity contribution in [3.8, 4) is 5.82 Å². The molecule has 0 radical (unpaired) electrons. The molecule has 3 aromatic heterocycles. The molecule has 10 nitrogen and oxygen atoms in total. The molecule has 5 rings (SSSR count). The Labute approximate surface area is 191 Å². The Morgan fingerprint density at radius 3 is 2.44 bits per heavy atom. The van der Waals surface area contributed by atoms with Gasteiger partial charge in [0.1, 0.15) is 17.3 Å². The van der Waals surface area contributed by atoms with Crippen LogP contribution in [0.3, 0.4) is 0 Å². The molecule has 168 valence electrons. The Bertz CT molecular complexity index is 1010. The molecule has 1 N–H and O–H groups in total. The fourth-order valence-corrected chi connectivity index (χ4v) is 4.89. The summed E-state index contributed by atoms with van der Waals surface area (Å²) >= 11 is 6.00. The maximum Gasteiger partial charge on any atom is 0.156 e. The lowest BCUT2D eigenvalue weighted by Crippen LogP contribution is -2.47. The first-order valence-electron chi connectivity index (χ1n) is 10.9. The van der Waals surface area contributed by atoms with Crippen molar-refractivity contribution >= 4 is 17.4 Å². The van der Waals surface area contributed by atoms with E-state index in [1.807, 2.05) is 12.1 Å². The number of hydrogen-bond acceptors (Lipinski definition) is 9. The summed E-state index contributed by atoms with van der Waals surface area (Å²) in [6, 6.07) is 3.70. The summed E-state index contributed by atoms with van der Waals surface area (Å²) < 4.78 is 1.49. The van der Waals surface area contributed by atoms with Gasteiger partial charge in [-0.2, -0.15) is 4.68 Å². The Hall–Kier alpha value is -2.69. The van der Waals surface area contributed by atoms with Crippen LogP contribution in [0.1, 0.15) is 37.4 Å². The molecule has 0 saturated carbocycles. The fraction of sp³-hybridized carbons (Fsp3) is 0.524. The van der Waals surface area contributed by atoms with Gasteiger partial charge in [-0.1, -0.05) is 17.7 Å². The van der Waals surface area contributed by atoms with Crippen LogP contribution in [0.4, 0.5) is 5.82 Å². The predicted molar refractivity (Wildman–Crippen MR) is 119 cm³/mol. The van der Waals surface area contributed by atoms with Crippen molar-refractivity contribution < 1.29 is 5.11 Å².